The number of pyridine rings is 1. The van der Waals surface area contributed by atoms with Crippen LogP contribution >= 0.6 is 11.3 Å². The lowest BCUT2D eigenvalue weighted by Crippen LogP contribution is -2.38. The second kappa shape index (κ2) is 7.83. The van der Waals surface area contributed by atoms with Crippen molar-refractivity contribution in [2.75, 3.05) is 26.7 Å². The van der Waals surface area contributed by atoms with Crippen molar-refractivity contribution in [3.63, 3.8) is 0 Å². The van der Waals surface area contributed by atoms with E-state index in [0.717, 1.165) is 35.4 Å². The molecule has 1 N–H and O–H groups in total. The van der Waals surface area contributed by atoms with E-state index in [1.54, 1.807) is 13.2 Å². The molecule has 0 spiro atoms. The summed E-state index contributed by atoms with van der Waals surface area (Å²) >= 11 is 1.44. The Morgan fingerprint density at radius 2 is 2.10 bits per heavy atom. The van der Waals surface area contributed by atoms with Gasteiger partial charge in [-0.25, -0.2) is 4.98 Å². The zero-order valence-corrected chi connectivity index (χ0v) is 17.9. The summed E-state index contributed by atoms with van der Waals surface area (Å²) in [6.07, 6.45) is 3.83. The van der Waals surface area contributed by atoms with E-state index in [1.807, 2.05) is 12.1 Å². The highest BCUT2D eigenvalue weighted by Crippen LogP contribution is 2.37. The zero-order chi connectivity index (χ0) is 20.7. The molecular weight excluding hydrogens is 396 g/mol. The number of para-hydroxylation sites is 1. The van der Waals surface area contributed by atoms with Gasteiger partial charge in [-0.2, -0.15) is 0 Å². The third kappa shape index (κ3) is 3.29. The smallest absolute Gasteiger partial charge is 0.261 e. The number of thiophene rings is 1. The predicted molar refractivity (Wildman–Crippen MR) is 120 cm³/mol. The van der Waals surface area contributed by atoms with E-state index < -0.39 is 0 Å². The predicted octanol–water partition coefficient (Wildman–Crippen LogP) is 3.72. The molecule has 0 saturated carbocycles. The van der Waals surface area contributed by atoms with Gasteiger partial charge in [-0.05, 0) is 17.7 Å². The second-order valence-electron chi connectivity index (χ2n) is 7.66. The van der Waals surface area contributed by atoms with Crippen molar-refractivity contribution in [1.29, 1.82) is 0 Å². The molecule has 7 heteroatoms. The van der Waals surface area contributed by atoms with Crippen LogP contribution in [-0.4, -0.2) is 47.1 Å². The van der Waals surface area contributed by atoms with E-state index in [9.17, 15) is 4.79 Å². The van der Waals surface area contributed by atoms with Gasteiger partial charge in [-0.1, -0.05) is 24.3 Å². The molecule has 1 fully saturated rings. The molecule has 1 aliphatic rings. The van der Waals surface area contributed by atoms with Gasteiger partial charge in [0.25, 0.3) is 5.91 Å². The first-order chi connectivity index (χ1) is 14.7. The molecule has 0 bridgehead atoms. The number of carbonyl (C=O) groups is 1. The highest BCUT2D eigenvalue weighted by molar-refractivity contribution is 7.20. The van der Waals surface area contributed by atoms with Crippen LogP contribution in [0.15, 0.2) is 48.8 Å². The number of carbonyl (C=O) groups excluding carboxylic acids is 1. The van der Waals surface area contributed by atoms with Gasteiger partial charge in [0.15, 0.2) is 0 Å². The van der Waals surface area contributed by atoms with E-state index >= 15 is 0 Å². The minimum Gasteiger partial charge on any atom is -0.371 e. The fourth-order valence-corrected chi connectivity index (χ4v) is 5.51. The number of morpholine rings is 1. The molecule has 1 aliphatic heterocycles. The number of hydrogen-bond acceptors (Lipinski definition) is 5. The van der Waals surface area contributed by atoms with Crippen LogP contribution in [0.5, 0.6) is 0 Å². The monoisotopic (exact) mass is 420 g/mol. The Morgan fingerprint density at radius 3 is 2.97 bits per heavy atom. The average molecular weight is 421 g/mol. The Hall–Kier alpha value is -2.74. The first-order valence-corrected chi connectivity index (χ1v) is 10.9. The van der Waals surface area contributed by atoms with Crippen molar-refractivity contribution in [3.8, 4) is 0 Å². The maximum atomic E-state index is 12.6. The summed E-state index contributed by atoms with van der Waals surface area (Å²) in [5.74, 6) is -0.0808. The van der Waals surface area contributed by atoms with Crippen LogP contribution in [0.4, 0.5) is 0 Å². The molecule has 154 valence electrons. The molecule has 0 aliphatic carbocycles. The van der Waals surface area contributed by atoms with Crippen LogP contribution in [0.1, 0.15) is 26.9 Å². The third-order valence-corrected chi connectivity index (χ3v) is 6.91. The van der Waals surface area contributed by atoms with Crippen molar-refractivity contribution in [2.45, 2.75) is 12.6 Å². The summed E-state index contributed by atoms with van der Waals surface area (Å²) < 4.78 is 8.36. The van der Waals surface area contributed by atoms with Crippen LogP contribution in [0.3, 0.4) is 0 Å². The van der Waals surface area contributed by atoms with Gasteiger partial charge in [-0.3, -0.25) is 9.69 Å². The average Bonchev–Trinajstić information content (AvgIpc) is 3.32. The number of amides is 1. The minimum atomic E-state index is -0.154. The summed E-state index contributed by atoms with van der Waals surface area (Å²) in [7, 11) is 3.76. The number of fused-ring (bicyclic) bond motifs is 2. The van der Waals surface area contributed by atoms with Gasteiger partial charge in [0.2, 0.25) is 0 Å². The maximum absolute atomic E-state index is 12.6. The number of nitrogens with one attached hydrogen (secondary N) is 1. The van der Waals surface area contributed by atoms with Crippen molar-refractivity contribution >= 4 is 38.4 Å². The lowest BCUT2D eigenvalue weighted by molar-refractivity contribution is -0.0322. The number of nitrogens with zero attached hydrogens (tertiary/aromatic N) is 3. The molecular formula is C23H24N4O2S. The van der Waals surface area contributed by atoms with Crippen LogP contribution < -0.4 is 5.32 Å². The lowest BCUT2D eigenvalue weighted by Gasteiger charge is -2.33. The van der Waals surface area contributed by atoms with E-state index in [2.05, 4.69) is 57.3 Å². The molecule has 1 aromatic carbocycles. The van der Waals surface area contributed by atoms with Crippen molar-refractivity contribution in [3.05, 3.63) is 64.8 Å². The molecule has 1 amide bonds. The van der Waals surface area contributed by atoms with Gasteiger partial charge in [0.1, 0.15) is 9.71 Å². The molecule has 1 unspecified atom stereocenters. The zero-order valence-electron chi connectivity index (χ0n) is 17.1. The number of aromatic nitrogens is 2. The Morgan fingerprint density at radius 1 is 1.27 bits per heavy atom. The van der Waals surface area contributed by atoms with Gasteiger partial charge in [0, 0.05) is 68.0 Å². The largest absolute Gasteiger partial charge is 0.371 e. The Labute approximate surface area is 179 Å². The first kappa shape index (κ1) is 19.2. The summed E-state index contributed by atoms with van der Waals surface area (Å²) in [4.78, 5) is 21.0. The highest BCUT2D eigenvalue weighted by Gasteiger charge is 2.30. The lowest BCUT2D eigenvalue weighted by atomic mass is 10.0. The molecule has 3 aromatic heterocycles. The fraction of sp³-hybridized carbons (Fsp3) is 0.304. The van der Waals surface area contributed by atoms with Crippen LogP contribution in [0.25, 0.3) is 21.1 Å². The standard InChI is InChI=1S/C23H24N4O2S/c1-24-22(28)21-20(17-7-5-9-25-23(17)30-21)19-14-27(10-11-29-19)13-15-12-26(2)18-8-4-3-6-16(15)18/h3-9,12,19H,10-11,13-14H2,1-2H3,(H,24,28). The normalized spacial score (nSPS) is 17.6. The Balaban J connectivity index is 1.47. The van der Waals surface area contributed by atoms with E-state index in [1.165, 1.54) is 27.8 Å². The van der Waals surface area contributed by atoms with E-state index in [0.29, 0.717) is 11.5 Å². The van der Waals surface area contributed by atoms with E-state index in [4.69, 9.17) is 4.74 Å². The molecule has 30 heavy (non-hydrogen) atoms. The van der Waals surface area contributed by atoms with Gasteiger partial charge in [-0.15, -0.1) is 11.3 Å². The molecule has 5 rings (SSSR count). The molecule has 1 atom stereocenters. The van der Waals surface area contributed by atoms with Crippen molar-refractivity contribution < 1.29 is 9.53 Å². The van der Waals surface area contributed by atoms with Crippen molar-refractivity contribution in [1.82, 2.24) is 19.8 Å². The molecule has 6 nitrogen and oxygen atoms in total. The molecule has 0 radical (unpaired) electrons. The van der Waals surface area contributed by atoms with Gasteiger partial charge in [0.05, 0.1) is 12.7 Å². The highest BCUT2D eigenvalue weighted by atomic mass is 32.1. The van der Waals surface area contributed by atoms with Gasteiger partial charge >= 0.3 is 0 Å². The SMILES string of the molecule is CNC(=O)c1sc2ncccc2c1C1CN(Cc2cn(C)c3ccccc23)CCO1. The Bertz CT molecular complexity index is 1230. The first-order valence-electron chi connectivity index (χ1n) is 10.1. The van der Waals surface area contributed by atoms with Crippen molar-refractivity contribution in [2.24, 2.45) is 7.05 Å². The topological polar surface area (TPSA) is 59.4 Å². The number of ether oxygens (including phenoxy) is 1. The number of rotatable bonds is 4. The summed E-state index contributed by atoms with van der Waals surface area (Å²) in [5.41, 5.74) is 3.52. The van der Waals surface area contributed by atoms with Crippen LogP contribution in [0.2, 0.25) is 0 Å². The number of hydrogen-bond donors (Lipinski definition) is 1. The number of aryl methyl sites for hydroxylation is 1. The van der Waals surface area contributed by atoms with Crippen LogP contribution in [0, 0.1) is 0 Å². The number of benzene rings is 1. The summed E-state index contributed by atoms with van der Waals surface area (Å²) in [5, 5.41) is 5.07. The van der Waals surface area contributed by atoms with Gasteiger partial charge < -0.3 is 14.6 Å². The maximum Gasteiger partial charge on any atom is 0.261 e. The second-order valence-corrected chi connectivity index (χ2v) is 8.66. The molecule has 1 saturated heterocycles. The summed E-state index contributed by atoms with van der Waals surface area (Å²) in [6.45, 7) is 3.11. The Kier molecular flexibility index (Phi) is 5.02. The minimum absolute atomic E-state index is 0.0808. The fourth-order valence-electron chi connectivity index (χ4n) is 4.37. The molecule has 4 aromatic rings. The molecule has 4 heterocycles. The quantitative estimate of drug-likeness (QED) is 0.547. The summed E-state index contributed by atoms with van der Waals surface area (Å²) in [6, 6.07) is 12.5. The third-order valence-electron chi connectivity index (χ3n) is 5.78. The van der Waals surface area contributed by atoms with E-state index in [-0.39, 0.29) is 12.0 Å². The van der Waals surface area contributed by atoms with Crippen LogP contribution in [-0.2, 0) is 18.3 Å².